The second kappa shape index (κ2) is 4.97. The van der Waals surface area contributed by atoms with Crippen molar-refractivity contribution in [2.24, 2.45) is 0 Å². The summed E-state index contributed by atoms with van der Waals surface area (Å²) >= 11 is 0. The number of allylic oxidation sites excluding steroid dienone is 2. The highest BCUT2D eigenvalue weighted by molar-refractivity contribution is 5.81. The van der Waals surface area contributed by atoms with E-state index in [1.54, 1.807) is 25.4 Å². The normalized spacial score (nSPS) is 11.9. The maximum atomic E-state index is 10.3. The molecule has 72 valence electrons. The molecule has 1 aromatic heterocycles. The zero-order valence-corrected chi connectivity index (χ0v) is 7.84. The van der Waals surface area contributed by atoms with Gasteiger partial charge >= 0.3 is 5.97 Å². The van der Waals surface area contributed by atoms with Crippen LogP contribution in [0.25, 0.3) is 6.08 Å². The molecule has 0 spiro atoms. The van der Waals surface area contributed by atoms with Crippen molar-refractivity contribution < 1.29 is 9.90 Å². The number of carboxylic acid groups (broad SMARTS) is 1. The van der Waals surface area contributed by atoms with Crippen molar-refractivity contribution in [2.45, 2.75) is 6.92 Å². The van der Waals surface area contributed by atoms with Crippen LogP contribution >= 0.6 is 0 Å². The van der Waals surface area contributed by atoms with Gasteiger partial charge in [-0.2, -0.15) is 0 Å². The molecule has 14 heavy (non-hydrogen) atoms. The topological polar surface area (TPSA) is 50.2 Å². The van der Waals surface area contributed by atoms with Crippen molar-refractivity contribution >= 4 is 12.0 Å². The van der Waals surface area contributed by atoms with Crippen molar-refractivity contribution in [1.82, 2.24) is 4.98 Å². The summed E-state index contributed by atoms with van der Waals surface area (Å²) in [6.45, 7) is 1.74. The fourth-order valence-electron chi connectivity index (χ4n) is 0.945. The van der Waals surface area contributed by atoms with Gasteiger partial charge in [0.15, 0.2) is 0 Å². The molecule has 0 aliphatic carbocycles. The van der Waals surface area contributed by atoms with Crippen LogP contribution in [0.3, 0.4) is 0 Å². The lowest BCUT2D eigenvalue weighted by Gasteiger charge is -1.91. The fraction of sp³-hybridized carbons (Fsp3) is 0.0909. The number of carbonyl (C=O) groups is 1. The van der Waals surface area contributed by atoms with E-state index in [2.05, 4.69) is 4.98 Å². The van der Waals surface area contributed by atoms with Crippen LogP contribution in [0.1, 0.15) is 12.5 Å². The highest BCUT2D eigenvalue weighted by Gasteiger charge is 1.89. The number of hydrogen-bond donors (Lipinski definition) is 1. The van der Waals surface area contributed by atoms with E-state index in [1.807, 2.05) is 18.2 Å². The van der Waals surface area contributed by atoms with Crippen molar-refractivity contribution in [2.75, 3.05) is 0 Å². The first-order valence-corrected chi connectivity index (χ1v) is 4.18. The van der Waals surface area contributed by atoms with Crippen LogP contribution in [-0.2, 0) is 4.79 Å². The van der Waals surface area contributed by atoms with Crippen molar-refractivity contribution in [3.8, 4) is 0 Å². The van der Waals surface area contributed by atoms with Gasteiger partial charge in [0.05, 0.1) is 0 Å². The predicted octanol–water partition coefficient (Wildman–Crippen LogP) is 2.13. The molecule has 0 unspecified atom stereocenters. The quantitative estimate of drug-likeness (QED) is 0.585. The molecular formula is C11H11NO2. The Hall–Kier alpha value is -1.90. The lowest BCUT2D eigenvalue weighted by Crippen LogP contribution is -1.87. The Morgan fingerprint density at radius 3 is 2.93 bits per heavy atom. The Balaban J connectivity index is 2.70. The van der Waals surface area contributed by atoms with Crippen LogP contribution in [0.4, 0.5) is 0 Å². The van der Waals surface area contributed by atoms with Crippen LogP contribution in [-0.4, -0.2) is 16.1 Å². The molecular weight excluding hydrogens is 178 g/mol. The summed E-state index contributed by atoms with van der Waals surface area (Å²) in [5.74, 6) is -0.932. The Bertz CT molecular complexity index is 366. The summed E-state index contributed by atoms with van der Waals surface area (Å²) in [5.41, 5.74) is 1.65. The van der Waals surface area contributed by atoms with Crippen LogP contribution in [0.15, 0.2) is 42.3 Å². The molecule has 0 atom stereocenters. The Labute approximate surface area is 82.4 Å². The summed E-state index contributed by atoms with van der Waals surface area (Å²) in [6.07, 6.45) is 8.13. The van der Waals surface area contributed by atoms with Gasteiger partial charge in [-0.15, -0.1) is 0 Å². The van der Waals surface area contributed by atoms with E-state index in [0.717, 1.165) is 11.6 Å². The second-order valence-corrected chi connectivity index (χ2v) is 2.85. The third-order valence-corrected chi connectivity index (χ3v) is 1.57. The molecule has 1 heterocycles. The molecule has 3 nitrogen and oxygen atoms in total. The van der Waals surface area contributed by atoms with Gasteiger partial charge in [-0.25, -0.2) is 4.79 Å². The predicted molar refractivity (Wildman–Crippen MR) is 54.7 cm³/mol. The van der Waals surface area contributed by atoms with Gasteiger partial charge in [0.25, 0.3) is 0 Å². The molecule has 3 heteroatoms. The molecule has 0 saturated carbocycles. The molecule has 0 radical (unpaired) electrons. The molecule has 0 aromatic carbocycles. The van der Waals surface area contributed by atoms with Gasteiger partial charge in [0.2, 0.25) is 0 Å². The van der Waals surface area contributed by atoms with Gasteiger partial charge in [0.1, 0.15) is 0 Å². The van der Waals surface area contributed by atoms with E-state index >= 15 is 0 Å². The monoisotopic (exact) mass is 189 g/mol. The number of rotatable bonds is 3. The molecule has 1 aromatic rings. The molecule has 1 N–H and O–H groups in total. The summed E-state index contributed by atoms with van der Waals surface area (Å²) < 4.78 is 0. The Morgan fingerprint density at radius 2 is 2.36 bits per heavy atom. The molecule has 0 fully saturated rings. The highest BCUT2D eigenvalue weighted by atomic mass is 16.4. The van der Waals surface area contributed by atoms with E-state index in [-0.39, 0.29) is 0 Å². The van der Waals surface area contributed by atoms with Crippen molar-refractivity contribution in [3.63, 3.8) is 0 Å². The number of aromatic nitrogens is 1. The fourth-order valence-corrected chi connectivity index (χ4v) is 0.945. The van der Waals surface area contributed by atoms with Crippen LogP contribution in [0, 0.1) is 0 Å². The number of carboxylic acids is 1. The lowest BCUT2D eigenvalue weighted by molar-refractivity contribution is -0.131. The minimum absolute atomic E-state index is 0.696. The van der Waals surface area contributed by atoms with Crippen molar-refractivity contribution in [1.29, 1.82) is 0 Å². The SMILES string of the molecule is CC(/C=C\c1cccnc1)=C/C(=O)O. The Morgan fingerprint density at radius 1 is 1.57 bits per heavy atom. The summed E-state index contributed by atoms with van der Waals surface area (Å²) in [6, 6.07) is 3.73. The molecule has 0 aliphatic rings. The van der Waals surface area contributed by atoms with Crippen LogP contribution in [0.2, 0.25) is 0 Å². The van der Waals surface area contributed by atoms with Crippen LogP contribution < -0.4 is 0 Å². The molecule has 0 bridgehead atoms. The third kappa shape index (κ3) is 3.67. The highest BCUT2D eigenvalue weighted by Crippen LogP contribution is 2.02. The average molecular weight is 189 g/mol. The number of nitrogens with zero attached hydrogens (tertiary/aromatic N) is 1. The van der Waals surface area contributed by atoms with Gasteiger partial charge < -0.3 is 5.11 Å². The third-order valence-electron chi connectivity index (χ3n) is 1.57. The van der Waals surface area contributed by atoms with Gasteiger partial charge in [-0.3, -0.25) is 4.98 Å². The molecule has 0 aliphatic heterocycles. The van der Waals surface area contributed by atoms with Gasteiger partial charge in [-0.05, 0) is 24.1 Å². The van der Waals surface area contributed by atoms with E-state index < -0.39 is 5.97 Å². The standard InChI is InChI=1S/C11H11NO2/c1-9(7-11(13)14)4-5-10-3-2-6-12-8-10/h2-8H,1H3,(H,13,14)/b5-4-,9-7-. The first-order chi connectivity index (χ1) is 6.68. The molecule has 0 saturated heterocycles. The maximum Gasteiger partial charge on any atom is 0.328 e. The van der Waals surface area contributed by atoms with E-state index in [1.165, 1.54) is 0 Å². The van der Waals surface area contributed by atoms with E-state index in [4.69, 9.17) is 5.11 Å². The smallest absolute Gasteiger partial charge is 0.328 e. The average Bonchev–Trinajstić information content (AvgIpc) is 2.15. The first-order valence-electron chi connectivity index (χ1n) is 4.18. The first kappa shape index (κ1) is 10.2. The number of pyridine rings is 1. The largest absolute Gasteiger partial charge is 0.478 e. The lowest BCUT2D eigenvalue weighted by atomic mass is 10.2. The number of hydrogen-bond acceptors (Lipinski definition) is 2. The van der Waals surface area contributed by atoms with Gasteiger partial charge in [-0.1, -0.05) is 18.2 Å². The van der Waals surface area contributed by atoms with E-state index in [0.29, 0.717) is 5.57 Å². The van der Waals surface area contributed by atoms with E-state index in [9.17, 15) is 4.79 Å². The second-order valence-electron chi connectivity index (χ2n) is 2.85. The minimum atomic E-state index is -0.932. The summed E-state index contributed by atoms with van der Waals surface area (Å²) in [7, 11) is 0. The zero-order valence-electron chi connectivity index (χ0n) is 7.84. The minimum Gasteiger partial charge on any atom is -0.478 e. The maximum absolute atomic E-state index is 10.3. The van der Waals surface area contributed by atoms with Gasteiger partial charge in [0, 0.05) is 18.5 Å². The molecule has 0 amide bonds. The zero-order chi connectivity index (χ0) is 10.4. The number of aliphatic carboxylic acids is 1. The Kier molecular flexibility index (Phi) is 3.61. The molecule has 1 rings (SSSR count). The summed E-state index contributed by atoms with van der Waals surface area (Å²) in [4.78, 5) is 14.2. The van der Waals surface area contributed by atoms with Crippen LogP contribution in [0.5, 0.6) is 0 Å². The summed E-state index contributed by atoms with van der Waals surface area (Å²) in [5, 5.41) is 8.46. The van der Waals surface area contributed by atoms with Crippen molar-refractivity contribution in [3.05, 3.63) is 47.8 Å².